The van der Waals surface area contributed by atoms with Crippen LogP contribution in [0.15, 0.2) is 53.0 Å². The van der Waals surface area contributed by atoms with Gasteiger partial charge in [-0.1, -0.05) is 35.8 Å². The second-order valence-corrected chi connectivity index (χ2v) is 6.62. The first kappa shape index (κ1) is 20.1. The van der Waals surface area contributed by atoms with Crippen LogP contribution in [0.1, 0.15) is 34.6 Å². The molecule has 1 amide bonds. The number of rotatable bonds is 8. The lowest BCUT2D eigenvalue weighted by atomic mass is 10.2. The summed E-state index contributed by atoms with van der Waals surface area (Å²) >= 11 is 3.35. The van der Waals surface area contributed by atoms with Gasteiger partial charge < -0.3 is 15.0 Å². The molecule has 26 heavy (non-hydrogen) atoms. The fraction of sp³-hybridized carbons (Fsp3) is 0.300. The second-order valence-electron chi connectivity index (χ2n) is 5.70. The monoisotopic (exact) mass is 418 g/mol. The van der Waals surface area contributed by atoms with Gasteiger partial charge in [0.25, 0.3) is 5.91 Å². The number of ether oxygens (including phenoxy) is 1. The van der Waals surface area contributed by atoms with Crippen LogP contribution in [0.3, 0.4) is 0 Å². The van der Waals surface area contributed by atoms with Crippen molar-refractivity contribution in [1.29, 1.82) is 0 Å². The number of hydrogen-bond acceptors (Lipinski definition) is 4. The first-order chi connectivity index (χ1) is 12.5. The number of likely N-dealkylation sites (N-methyl/N-ethyl adjacent to an activating group) is 1. The van der Waals surface area contributed by atoms with Gasteiger partial charge in [-0.3, -0.25) is 4.79 Å². The van der Waals surface area contributed by atoms with Gasteiger partial charge in [-0.15, -0.1) is 0 Å². The molecule has 0 aliphatic carbocycles. The summed E-state index contributed by atoms with van der Waals surface area (Å²) in [4.78, 5) is 26.5. The quantitative estimate of drug-likeness (QED) is 0.652. The van der Waals surface area contributed by atoms with Crippen LogP contribution in [0.25, 0.3) is 0 Å². The molecule has 2 aromatic rings. The highest BCUT2D eigenvalue weighted by atomic mass is 79.9. The molecule has 0 saturated carbocycles. The van der Waals surface area contributed by atoms with Crippen LogP contribution < -0.4 is 5.32 Å². The molecule has 1 N–H and O–H groups in total. The van der Waals surface area contributed by atoms with E-state index in [-0.39, 0.29) is 11.9 Å². The highest BCUT2D eigenvalue weighted by Crippen LogP contribution is 2.15. The summed E-state index contributed by atoms with van der Waals surface area (Å²) in [6.07, 6.45) is 0. The lowest BCUT2D eigenvalue weighted by molar-refractivity contribution is 0.0466. The minimum atomic E-state index is -0.359. The minimum Gasteiger partial charge on any atom is -0.461 e. The molecule has 2 rings (SSSR count). The van der Waals surface area contributed by atoms with Gasteiger partial charge in [0.2, 0.25) is 0 Å². The largest absolute Gasteiger partial charge is 0.461 e. The van der Waals surface area contributed by atoms with Crippen molar-refractivity contribution in [2.75, 3.05) is 31.6 Å². The molecule has 0 atom stereocenters. The van der Waals surface area contributed by atoms with Crippen LogP contribution in [0, 0.1) is 0 Å². The maximum atomic E-state index is 12.2. The maximum absolute atomic E-state index is 12.2. The molecule has 0 unspecified atom stereocenters. The highest BCUT2D eigenvalue weighted by Gasteiger charge is 2.10. The van der Waals surface area contributed by atoms with Crippen LogP contribution in [-0.4, -0.2) is 43.0 Å². The fourth-order valence-corrected chi connectivity index (χ4v) is 2.81. The van der Waals surface area contributed by atoms with E-state index in [1.54, 1.807) is 42.5 Å². The predicted molar refractivity (Wildman–Crippen MR) is 107 cm³/mol. The maximum Gasteiger partial charge on any atom is 0.338 e. The van der Waals surface area contributed by atoms with Crippen molar-refractivity contribution in [2.45, 2.75) is 13.8 Å². The number of benzene rings is 2. The number of esters is 1. The molecular weight excluding hydrogens is 396 g/mol. The molecule has 0 saturated heterocycles. The van der Waals surface area contributed by atoms with E-state index in [4.69, 9.17) is 4.74 Å². The summed E-state index contributed by atoms with van der Waals surface area (Å²) < 4.78 is 6.13. The van der Waals surface area contributed by atoms with Crippen molar-refractivity contribution in [3.8, 4) is 0 Å². The summed E-state index contributed by atoms with van der Waals surface area (Å²) in [7, 11) is 0. The van der Waals surface area contributed by atoms with Gasteiger partial charge in [-0.05, 0) is 55.6 Å². The standard InChI is InChI=1S/C20H23BrN2O3/c1-3-23(4-2)12-13-26-20(25)15-8-10-18(11-9-15)22-19(24)16-6-5-7-17(21)14-16/h5-11,14H,3-4,12-13H2,1-2H3,(H,22,24). The van der Waals surface area contributed by atoms with E-state index in [9.17, 15) is 9.59 Å². The minimum absolute atomic E-state index is 0.208. The summed E-state index contributed by atoms with van der Waals surface area (Å²) in [5.74, 6) is -0.567. The molecule has 0 aromatic heterocycles. The van der Waals surface area contributed by atoms with Crippen molar-refractivity contribution >= 4 is 33.5 Å². The number of halogens is 1. The third kappa shape index (κ3) is 5.97. The first-order valence-corrected chi connectivity index (χ1v) is 9.39. The average molecular weight is 419 g/mol. The molecule has 0 fully saturated rings. The van der Waals surface area contributed by atoms with E-state index >= 15 is 0 Å². The zero-order valence-electron chi connectivity index (χ0n) is 15.0. The normalized spacial score (nSPS) is 10.6. The molecule has 2 aromatic carbocycles. The molecule has 0 aliphatic heterocycles. The van der Waals surface area contributed by atoms with Gasteiger partial charge in [0, 0.05) is 22.3 Å². The molecule has 6 heteroatoms. The number of nitrogens with zero attached hydrogens (tertiary/aromatic N) is 1. The van der Waals surface area contributed by atoms with Crippen LogP contribution in [0.5, 0.6) is 0 Å². The Morgan fingerprint density at radius 1 is 1.04 bits per heavy atom. The molecule has 5 nitrogen and oxygen atoms in total. The van der Waals surface area contributed by atoms with E-state index in [0.29, 0.717) is 23.4 Å². The van der Waals surface area contributed by atoms with Gasteiger partial charge in [0.1, 0.15) is 6.61 Å². The first-order valence-electron chi connectivity index (χ1n) is 8.60. The average Bonchev–Trinajstić information content (AvgIpc) is 2.65. The van der Waals surface area contributed by atoms with Crippen LogP contribution in [0.4, 0.5) is 5.69 Å². The summed E-state index contributed by atoms with van der Waals surface area (Å²) in [6.45, 7) is 7.10. The molecule has 0 heterocycles. The summed E-state index contributed by atoms with van der Waals surface area (Å²) in [6, 6.07) is 13.8. The molecule has 0 spiro atoms. The van der Waals surface area contributed by atoms with Gasteiger partial charge in [0.05, 0.1) is 5.56 Å². The van der Waals surface area contributed by atoms with Crippen molar-refractivity contribution in [2.24, 2.45) is 0 Å². The van der Waals surface area contributed by atoms with E-state index in [0.717, 1.165) is 24.1 Å². The molecule has 0 aliphatic rings. The Morgan fingerprint density at radius 2 is 1.73 bits per heavy atom. The van der Waals surface area contributed by atoms with Crippen molar-refractivity contribution in [3.63, 3.8) is 0 Å². The van der Waals surface area contributed by atoms with Gasteiger partial charge in [-0.2, -0.15) is 0 Å². The number of hydrogen-bond donors (Lipinski definition) is 1. The van der Waals surface area contributed by atoms with Gasteiger partial charge >= 0.3 is 5.97 Å². The van der Waals surface area contributed by atoms with Crippen LogP contribution in [-0.2, 0) is 4.74 Å². The molecule has 0 bridgehead atoms. The topological polar surface area (TPSA) is 58.6 Å². The highest BCUT2D eigenvalue weighted by molar-refractivity contribution is 9.10. The Bertz CT molecular complexity index is 743. The van der Waals surface area contributed by atoms with E-state index < -0.39 is 0 Å². The Balaban J connectivity index is 1.89. The van der Waals surface area contributed by atoms with E-state index in [1.165, 1.54) is 0 Å². The van der Waals surface area contributed by atoms with Crippen molar-refractivity contribution in [3.05, 3.63) is 64.1 Å². The zero-order chi connectivity index (χ0) is 18.9. The third-order valence-electron chi connectivity index (χ3n) is 4.00. The molecule has 138 valence electrons. The smallest absolute Gasteiger partial charge is 0.338 e. The predicted octanol–water partition coefficient (Wildman–Crippen LogP) is 4.20. The Kier molecular flexibility index (Phi) is 7.81. The lowest BCUT2D eigenvalue weighted by Gasteiger charge is -2.17. The van der Waals surface area contributed by atoms with Crippen LogP contribution >= 0.6 is 15.9 Å². The van der Waals surface area contributed by atoms with Crippen molar-refractivity contribution in [1.82, 2.24) is 4.90 Å². The number of carbonyl (C=O) groups excluding carboxylic acids is 2. The Hall–Kier alpha value is -2.18. The zero-order valence-corrected chi connectivity index (χ0v) is 16.6. The summed E-state index contributed by atoms with van der Waals surface area (Å²) in [5, 5.41) is 2.81. The molecule has 0 radical (unpaired) electrons. The van der Waals surface area contributed by atoms with Gasteiger partial charge in [-0.25, -0.2) is 4.79 Å². The van der Waals surface area contributed by atoms with Crippen molar-refractivity contribution < 1.29 is 14.3 Å². The summed E-state index contributed by atoms with van der Waals surface area (Å²) in [5.41, 5.74) is 1.64. The number of nitrogens with one attached hydrogen (secondary N) is 1. The lowest BCUT2D eigenvalue weighted by Crippen LogP contribution is -2.27. The second kappa shape index (κ2) is 10.1. The fourth-order valence-electron chi connectivity index (χ4n) is 2.41. The Labute approximate surface area is 162 Å². The molecular formula is C20H23BrN2O3. The number of anilines is 1. The van der Waals surface area contributed by atoms with Gasteiger partial charge in [0.15, 0.2) is 0 Å². The third-order valence-corrected chi connectivity index (χ3v) is 4.49. The van der Waals surface area contributed by atoms with Crippen LogP contribution in [0.2, 0.25) is 0 Å². The van der Waals surface area contributed by atoms with E-state index in [2.05, 4.69) is 40.0 Å². The number of carbonyl (C=O) groups is 2. The van der Waals surface area contributed by atoms with E-state index in [1.807, 2.05) is 6.07 Å². The number of amides is 1. The Morgan fingerprint density at radius 3 is 2.35 bits per heavy atom. The SMILES string of the molecule is CCN(CC)CCOC(=O)c1ccc(NC(=O)c2cccc(Br)c2)cc1.